The normalized spacial score (nSPS) is 23.1. The summed E-state index contributed by atoms with van der Waals surface area (Å²) in [5.41, 5.74) is 0.822. The lowest BCUT2D eigenvalue weighted by Crippen LogP contribution is -2.19. The summed E-state index contributed by atoms with van der Waals surface area (Å²) in [7, 11) is 0. The van der Waals surface area contributed by atoms with E-state index in [0.29, 0.717) is 12.0 Å². The number of hydrogen-bond acceptors (Lipinski definition) is 5. The van der Waals surface area contributed by atoms with E-state index in [-0.39, 0.29) is 0 Å². The maximum atomic E-state index is 5.61. The summed E-state index contributed by atoms with van der Waals surface area (Å²) >= 11 is 0. The molecule has 0 amide bonds. The second-order valence-electron chi connectivity index (χ2n) is 5.32. The average molecular weight is 259 g/mol. The Bertz CT molecular complexity index is 586. The summed E-state index contributed by atoms with van der Waals surface area (Å²) < 4.78 is 7.67. The molecule has 3 heterocycles. The molecule has 2 aliphatic rings. The Kier molecular flexibility index (Phi) is 2.61. The van der Waals surface area contributed by atoms with Crippen molar-refractivity contribution < 1.29 is 4.74 Å². The first-order valence-electron chi connectivity index (χ1n) is 6.97. The van der Waals surface area contributed by atoms with Crippen LogP contribution in [0.5, 0.6) is 0 Å². The van der Waals surface area contributed by atoms with E-state index in [2.05, 4.69) is 24.9 Å². The van der Waals surface area contributed by atoms with E-state index in [0.717, 1.165) is 43.3 Å². The van der Waals surface area contributed by atoms with Gasteiger partial charge in [-0.2, -0.15) is 0 Å². The Morgan fingerprint density at radius 2 is 2.26 bits per heavy atom. The molecule has 6 heteroatoms. The predicted molar refractivity (Wildman–Crippen MR) is 70.2 cm³/mol. The van der Waals surface area contributed by atoms with Crippen LogP contribution in [0.1, 0.15) is 37.4 Å². The Morgan fingerprint density at radius 1 is 1.32 bits per heavy atom. The maximum Gasteiger partial charge on any atom is 0.203 e. The Morgan fingerprint density at radius 3 is 3.05 bits per heavy atom. The molecule has 100 valence electrons. The van der Waals surface area contributed by atoms with Crippen LogP contribution in [0.4, 0.5) is 5.82 Å². The van der Waals surface area contributed by atoms with Crippen molar-refractivity contribution in [2.75, 3.05) is 18.5 Å². The zero-order chi connectivity index (χ0) is 12.7. The Balaban J connectivity index is 1.58. The van der Waals surface area contributed by atoms with Crippen molar-refractivity contribution in [3.63, 3.8) is 0 Å². The van der Waals surface area contributed by atoms with E-state index < -0.39 is 0 Å². The number of rotatable bonds is 4. The lowest BCUT2D eigenvalue weighted by molar-refractivity contribution is 0.120. The molecule has 1 unspecified atom stereocenters. The van der Waals surface area contributed by atoms with E-state index in [1.165, 1.54) is 12.8 Å². The fraction of sp³-hybridized carbons (Fsp3) is 0.615. The molecule has 1 N–H and O–H groups in total. The minimum absolute atomic E-state index is 0.299. The van der Waals surface area contributed by atoms with Gasteiger partial charge in [-0.15, -0.1) is 10.2 Å². The highest BCUT2D eigenvalue weighted by Crippen LogP contribution is 2.39. The maximum absolute atomic E-state index is 5.61. The predicted octanol–water partition coefficient (Wildman–Crippen LogP) is 1.59. The molecule has 0 bridgehead atoms. The van der Waals surface area contributed by atoms with Gasteiger partial charge in [0.2, 0.25) is 5.65 Å². The van der Waals surface area contributed by atoms with Gasteiger partial charge in [0.25, 0.3) is 0 Å². The smallest absolute Gasteiger partial charge is 0.203 e. The van der Waals surface area contributed by atoms with Gasteiger partial charge < -0.3 is 10.1 Å². The van der Waals surface area contributed by atoms with Crippen LogP contribution >= 0.6 is 0 Å². The molecule has 1 saturated carbocycles. The zero-order valence-electron chi connectivity index (χ0n) is 10.7. The Hall–Kier alpha value is -1.69. The number of anilines is 1. The third kappa shape index (κ3) is 2.06. The quantitative estimate of drug-likeness (QED) is 0.903. The first-order valence-corrected chi connectivity index (χ1v) is 6.97. The number of fused-ring (bicyclic) bond motifs is 1. The molecule has 19 heavy (non-hydrogen) atoms. The largest absolute Gasteiger partial charge is 0.376 e. The molecule has 1 aliphatic heterocycles. The highest BCUT2D eigenvalue weighted by Gasteiger charge is 2.29. The molecular weight excluding hydrogens is 242 g/mol. The first-order chi connectivity index (χ1) is 9.42. The summed E-state index contributed by atoms with van der Waals surface area (Å²) in [6, 6.07) is 0. The van der Waals surface area contributed by atoms with Crippen LogP contribution in [0.25, 0.3) is 5.65 Å². The lowest BCUT2D eigenvalue weighted by Gasteiger charge is -2.11. The van der Waals surface area contributed by atoms with Crippen molar-refractivity contribution in [2.45, 2.75) is 37.7 Å². The van der Waals surface area contributed by atoms with Crippen molar-refractivity contribution in [3.8, 4) is 0 Å². The minimum Gasteiger partial charge on any atom is -0.376 e. The fourth-order valence-corrected chi connectivity index (χ4v) is 2.60. The highest BCUT2D eigenvalue weighted by atomic mass is 16.5. The molecule has 1 saturated heterocycles. The van der Waals surface area contributed by atoms with E-state index in [1.54, 1.807) is 6.20 Å². The van der Waals surface area contributed by atoms with Crippen molar-refractivity contribution in [2.24, 2.45) is 0 Å². The molecule has 2 fully saturated rings. The molecule has 1 atom stereocenters. The van der Waals surface area contributed by atoms with Gasteiger partial charge in [-0.3, -0.25) is 4.40 Å². The monoisotopic (exact) mass is 259 g/mol. The second kappa shape index (κ2) is 4.45. The summed E-state index contributed by atoms with van der Waals surface area (Å²) in [6.07, 6.45) is 8.77. The first kappa shape index (κ1) is 11.2. The van der Waals surface area contributed by atoms with Crippen LogP contribution in [0.2, 0.25) is 0 Å². The average Bonchev–Trinajstić information content (AvgIpc) is 2.99. The van der Waals surface area contributed by atoms with Gasteiger partial charge in [-0.05, 0) is 25.7 Å². The third-order valence-electron chi connectivity index (χ3n) is 3.82. The van der Waals surface area contributed by atoms with Crippen LogP contribution in [-0.4, -0.2) is 38.8 Å². The third-order valence-corrected chi connectivity index (χ3v) is 3.82. The molecular formula is C13H17N5O. The van der Waals surface area contributed by atoms with Crippen LogP contribution in [0.3, 0.4) is 0 Å². The number of aromatic nitrogens is 4. The van der Waals surface area contributed by atoms with E-state index >= 15 is 0 Å². The van der Waals surface area contributed by atoms with Gasteiger partial charge in [-0.1, -0.05) is 0 Å². The van der Waals surface area contributed by atoms with Gasteiger partial charge in [0.05, 0.1) is 6.10 Å². The standard InChI is InChI=1S/C13H17N5O/c1-2-10(19-7-1)8-15-11-13-17-16-12(9-3-4-9)18(13)6-5-14-11/h5-6,9-10H,1-4,7-8H2,(H,14,15). The van der Waals surface area contributed by atoms with Crippen molar-refractivity contribution in [3.05, 3.63) is 18.2 Å². The van der Waals surface area contributed by atoms with Crippen LogP contribution < -0.4 is 5.32 Å². The summed E-state index contributed by atoms with van der Waals surface area (Å²) in [6.45, 7) is 1.67. The highest BCUT2D eigenvalue weighted by molar-refractivity contribution is 5.62. The number of ether oxygens (including phenoxy) is 1. The second-order valence-corrected chi connectivity index (χ2v) is 5.32. The van der Waals surface area contributed by atoms with Crippen LogP contribution in [0, 0.1) is 0 Å². The summed E-state index contributed by atoms with van der Waals surface area (Å²) in [5, 5.41) is 11.9. The zero-order valence-corrected chi connectivity index (χ0v) is 10.7. The van der Waals surface area contributed by atoms with Gasteiger partial charge in [-0.25, -0.2) is 4.98 Å². The molecule has 4 rings (SSSR count). The molecule has 0 spiro atoms. The van der Waals surface area contributed by atoms with E-state index in [1.807, 2.05) is 6.20 Å². The minimum atomic E-state index is 0.299. The van der Waals surface area contributed by atoms with Gasteiger partial charge in [0.1, 0.15) is 5.82 Å². The number of nitrogens with zero attached hydrogens (tertiary/aromatic N) is 4. The van der Waals surface area contributed by atoms with Crippen molar-refractivity contribution >= 4 is 11.5 Å². The number of hydrogen-bond donors (Lipinski definition) is 1. The summed E-state index contributed by atoms with van der Waals surface area (Å²) in [4.78, 5) is 4.37. The van der Waals surface area contributed by atoms with Crippen molar-refractivity contribution in [1.29, 1.82) is 0 Å². The van der Waals surface area contributed by atoms with Gasteiger partial charge in [0, 0.05) is 31.5 Å². The SMILES string of the molecule is c1cn2c(C3CC3)nnc2c(NCC2CCCO2)n1. The molecule has 1 aliphatic carbocycles. The topological polar surface area (TPSA) is 64.3 Å². The molecule has 2 aromatic heterocycles. The van der Waals surface area contributed by atoms with Crippen LogP contribution in [0.15, 0.2) is 12.4 Å². The molecule has 6 nitrogen and oxygen atoms in total. The number of nitrogens with one attached hydrogen (secondary N) is 1. The van der Waals surface area contributed by atoms with Crippen LogP contribution in [-0.2, 0) is 4.74 Å². The molecule has 0 aromatic carbocycles. The molecule has 0 radical (unpaired) electrons. The fourth-order valence-electron chi connectivity index (χ4n) is 2.60. The Labute approximate surface area is 111 Å². The van der Waals surface area contributed by atoms with Gasteiger partial charge in [0.15, 0.2) is 5.82 Å². The van der Waals surface area contributed by atoms with E-state index in [4.69, 9.17) is 4.74 Å². The van der Waals surface area contributed by atoms with E-state index in [9.17, 15) is 0 Å². The van der Waals surface area contributed by atoms with Crippen molar-refractivity contribution in [1.82, 2.24) is 19.6 Å². The van der Waals surface area contributed by atoms with Gasteiger partial charge >= 0.3 is 0 Å². The molecule has 2 aromatic rings. The summed E-state index contributed by atoms with van der Waals surface area (Å²) in [5.74, 6) is 2.46. The lowest BCUT2D eigenvalue weighted by atomic mass is 10.2.